The van der Waals surface area contributed by atoms with Crippen LogP contribution in [0.15, 0.2) is 30.9 Å². The van der Waals surface area contributed by atoms with E-state index in [9.17, 15) is 27.1 Å². The Balaban J connectivity index is 2.36. The van der Waals surface area contributed by atoms with Crippen molar-refractivity contribution in [3.05, 3.63) is 48.1 Å². The minimum absolute atomic E-state index is 0.275. The van der Waals surface area contributed by atoms with Crippen molar-refractivity contribution in [3.8, 4) is 0 Å². The summed E-state index contributed by atoms with van der Waals surface area (Å²) in [5.41, 5.74) is -2.27. The van der Waals surface area contributed by atoms with E-state index in [1.807, 2.05) is 0 Å². The number of hydrogen-bond donors (Lipinski definition) is 2. The van der Waals surface area contributed by atoms with Crippen molar-refractivity contribution >= 4 is 16.0 Å². The first-order valence-corrected chi connectivity index (χ1v) is 9.53. The molecule has 1 unspecified atom stereocenters. The number of carboxylic acid groups (broad SMARTS) is 1. The van der Waals surface area contributed by atoms with Crippen molar-refractivity contribution in [3.63, 3.8) is 0 Å². The van der Waals surface area contributed by atoms with Gasteiger partial charge in [-0.15, -0.1) is 0 Å². The Morgan fingerprint density at radius 1 is 1.37 bits per heavy atom. The number of hydrogen-bond acceptors (Lipinski definition) is 6. The molecule has 0 aliphatic rings. The first kappa shape index (κ1) is 20.9. The number of carbonyl (C=O) groups is 1. The number of rotatable bonds is 9. The fourth-order valence-corrected chi connectivity index (χ4v) is 3.34. The second-order valence-corrected chi connectivity index (χ2v) is 7.97. The SMILES string of the molecule is CS(=O)(=O)N(CCC(O)(Cn1cncn1)c1ccc(F)cc1F)CC(=O)O. The average Bonchev–Trinajstić information content (AvgIpc) is 3.02. The van der Waals surface area contributed by atoms with E-state index in [2.05, 4.69) is 10.1 Å². The second-order valence-electron chi connectivity index (χ2n) is 5.99. The summed E-state index contributed by atoms with van der Waals surface area (Å²) < 4.78 is 52.9. The molecule has 1 aromatic heterocycles. The van der Waals surface area contributed by atoms with Gasteiger partial charge in [-0.3, -0.25) is 4.79 Å². The number of carboxylic acids is 1. The van der Waals surface area contributed by atoms with Crippen molar-refractivity contribution in [1.29, 1.82) is 0 Å². The summed E-state index contributed by atoms with van der Waals surface area (Å²) in [6.07, 6.45) is 2.91. The van der Waals surface area contributed by atoms with Crippen molar-refractivity contribution in [1.82, 2.24) is 19.1 Å². The molecule has 1 aromatic carbocycles. The lowest BCUT2D eigenvalue weighted by Crippen LogP contribution is -2.41. The number of sulfonamides is 1. The molecule has 0 saturated heterocycles. The monoisotopic (exact) mass is 404 g/mol. The van der Waals surface area contributed by atoms with Crippen molar-refractivity contribution < 1.29 is 32.2 Å². The Labute approximate surface area is 153 Å². The first-order chi connectivity index (χ1) is 12.5. The van der Waals surface area contributed by atoms with Gasteiger partial charge in [-0.05, 0) is 12.5 Å². The molecular weight excluding hydrogens is 386 g/mol. The van der Waals surface area contributed by atoms with Crippen LogP contribution in [0.25, 0.3) is 0 Å². The Bertz CT molecular complexity index is 907. The standard InChI is InChI=1S/C15H18F2N4O5S/c1-27(25,26)21(7-14(22)23)5-4-15(24,8-20-10-18-9-19-20)12-3-2-11(16)6-13(12)17/h2-3,6,9-10,24H,4-5,7-8H2,1H3,(H,22,23). The normalized spacial score (nSPS) is 14.3. The molecule has 2 N–H and O–H groups in total. The number of aromatic nitrogens is 3. The third kappa shape index (κ3) is 5.52. The van der Waals surface area contributed by atoms with E-state index in [4.69, 9.17) is 5.11 Å². The largest absolute Gasteiger partial charge is 0.480 e. The average molecular weight is 404 g/mol. The van der Waals surface area contributed by atoms with Crippen LogP contribution in [0, 0.1) is 11.6 Å². The predicted molar refractivity (Wildman–Crippen MR) is 88.9 cm³/mol. The molecule has 1 heterocycles. The molecule has 0 aliphatic heterocycles. The second kappa shape index (κ2) is 8.06. The minimum Gasteiger partial charge on any atom is -0.480 e. The van der Waals surface area contributed by atoms with Gasteiger partial charge in [0.15, 0.2) is 0 Å². The van der Waals surface area contributed by atoms with Crippen molar-refractivity contribution in [2.24, 2.45) is 0 Å². The topological polar surface area (TPSA) is 126 Å². The number of halogens is 2. The van der Waals surface area contributed by atoms with E-state index >= 15 is 0 Å². The summed E-state index contributed by atoms with van der Waals surface area (Å²) in [5, 5.41) is 23.8. The maximum atomic E-state index is 14.3. The Morgan fingerprint density at radius 2 is 2.07 bits per heavy atom. The lowest BCUT2D eigenvalue weighted by atomic mass is 9.89. The van der Waals surface area contributed by atoms with Crippen molar-refractivity contribution in [2.75, 3.05) is 19.3 Å². The zero-order chi connectivity index (χ0) is 20.2. The van der Waals surface area contributed by atoms with Crippen LogP contribution in [-0.2, 0) is 27.0 Å². The van der Waals surface area contributed by atoms with E-state index in [-0.39, 0.29) is 18.5 Å². The summed E-state index contributed by atoms with van der Waals surface area (Å²) in [7, 11) is -3.89. The molecule has 9 nitrogen and oxygen atoms in total. The molecule has 27 heavy (non-hydrogen) atoms. The highest BCUT2D eigenvalue weighted by molar-refractivity contribution is 7.88. The van der Waals surface area contributed by atoms with Crippen LogP contribution in [0.3, 0.4) is 0 Å². The van der Waals surface area contributed by atoms with Crippen LogP contribution in [0.4, 0.5) is 8.78 Å². The van der Waals surface area contributed by atoms with Gasteiger partial charge in [0.25, 0.3) is 0 Å². The molecule has 0 fully saturated rings. The zero-order valence-electron chi connectivity index (χ0n) is 14.3. The van der Waals surface area contributed by atoms with Gasteiger partial charge in [-0.25, -0.2) is 26.9 Å². The smallest absolute Gasteiger partial charge is 0.318 e. The van der Waals surface area contributed by atoms with Crippen LogP contribution in [0.5, 0.6) is 0 Å². The van der Waals surface area contributed by atoms with Gasteiger partial charge in [0.2, 0.25) is 10.0 Å². The number of nitrogens with zero attached hydrogens (tertiary/aromatic N) is 4. The van der Waals surface area contributed by atoms with E-state index < -0.39 is 46.3 Å². The summed E-state index contributed by atoms with van der Waals surface area (Å²) >= 11 is 0. The van der Waals surface area contributed by atoms with Crippen molar-refractivity contribution in [2.45, 2.75) is 18.6 Å². The van der Waals surface area contributed by atoms with Gasteiger partial charge in [0.05, 0.1) is 12.8 Å². The zero-order valence-corrected chi connectivity index (χ0v) is 15.1. The quantitative estimate of drug-likeness (QED) is 0.611. The van der Waals surface area contributed by atoms with E-state index in [1.54, 1.807) is 0 Å². The van der Waals surface area contributed by atoms with Crippen LogP contribution >= 0.6 is 0 Å². The third-order valence-corrected chi connectivity index (χ3v) is 5.13. The minimum atomic E-state index is -3.89. The molecule has 0 bridgehead atoms. The van der Waals surface area contributed by atoms with Gasteiger partial charge >= 0.3 is 5.97 Å². The summed E-state index contributed by atoms with van der Waals surface area (Å²) in [6.45, 7) is -1.53. The van der Waals surface area contributed by atoms with Gasteiger partial charge in [-0.1, -0.05) is 6.07 Å². The van der Waals surface area contributed by atoms with Crippen LogP contribution < -0.4 is 0 Å². The summed E-state index contributed by atoms with van der Waals surface area (Å²) in [5.74, 6) is -3.25. The summed E-state index contributed by atoms with van der Waals surface area (Å²) in [6, 6.07) is 2.59. The molecule has 0 amide bonds. The number of aliphatic hydroxyl groups is 1. The third-order valence-electron chi connectivity index (χ3n) is 3.88. The highest BCUT2D eigenvalue weighted by Gasteiger charge is 2.35. The molecular formula is C15H18F2N4O5S. The van der Waals surface area contributed by atoms with Crippen LogP contribution in [0.2, 0.25) is 0 Å². The van der Waals surface area contributed by atoms with Gasteiger partial charge < -0.3 is 10.2 Å². The molecule has 0 saturated carbocycles. The Kier molecular flexibility index (Phi) is 6.23. The molecule has 1 atom stereocenters. The first-order valence-electron chi connectivity index (χ1n) is 7.68. The molecule has 2 aromatic rings. The Hall–Kier alpha value is -2.44. The predicted octanol–water partition coefficient (Wildman–Crippen LogP) is 0.180. The molecule has 0 aliphatic carbocycles. The number of aliphatic carboxylic acids is 1. The molecule has 12 heteroatoms. The lowest BCUT2D eigenvalue weighted by molar-refractivity contribution is -0.137. The van der Waals surface area contributed by atoms with Crippen LogP contribution in [0.1, 0.15) is 12.0 Å². The van der Waals surface area contributed by atoms with Gasteiger partial charge in [0.1, 0.15) is 36.4 Å². The Morgan fingerprint density at radius 3 is 2.59 bits per heavy atom. The van der Waals surface area contributed by atoms with Gasteiger partial charge in [-0.2, -0.15) is 9.40 Å². The molecule has 148 valence electrons. The van der Waals surface area contributed by atoms with E-state index in [1.165, 1.54) is 17.3 Å². The molecule has 2 rings (SSSR count). The fraction of sp³-hybridized carbons (Fsp3) is 0.400. The highest BCUT2D eigenvalue weighted by atomic mass is 32.2. The lowest BCUT2D eigenvalue weighted by Gasteiger charge is -2.31. The maximum absolute atomic E-state index is 14.3. The molecule has 0 radical (unpaired) electrons. The fourth-order valence-electron chi connectivity index (χ4n) is 2.57. The maximum Gasteiger partial charge on any atom is 0.318 e. The van der Waals surface area contributed by atoms with Crippen LogP contribution in [-0.4, -0.2) is 63.0 Å². The van der Waals surface area contributed by atoms with E-state index in [0.717, 1.165) is 18.4 Å². The highest BCUT2D eigenvalue weighted by Crippen LogP contribution is 2.30. The number of benzene rings is 1. The molecule has 0 spiro atoms. The van der Waals surface area contributed by atoms with E-state index in [0.29, 0.717) is 10.4 Å². The van der Waals surface area contributed by atoms with Gasteiger partial charge in [0, 0.05) is 18.2 Å². The summed E-state index contributed by atoms with van der Waals surface area (Å²) in [4.78, 5) is 14.6.